The Kier molecular flexibility index (Phi) is 4.25. The minimum Gasteiger partial charge on any atom is -0.457 e. The van der Waals surface area contributed by atoms with E-state index < -0.39 is 4.92 Å². The minimum atomic E-state index is -0.404. The molecule has 0 bridgehead atoms. The zero-order valence-electron chi connectivity index (χ0n) is 11.2. The van der Waals surface area contributed by atoms with Gasteiger partial charge in [0.25, 0.3) is 5.69 Å². The van der Waals surface area contributed by atoms with Gasteiger partial charge < -0.3 is 4.74 Å². The van der Waals surface area contributed by atoms with Crippen molar-refractivity contribution < 1.29 is 9.66 Å². The van der Waals surface area contributed by atoms with Gasteiger partial charge in [-0.15, -0.1) is 11.6 Å². The molecule has 0 unspecified atom stereocenters. The van der Waals surface area contributed by atoms with E-state index in [1.807, 2.05) is 25.1 Å². The second-order valence-corrected chi connectivity index (χ2v) is 4.81. The molecule has 0 spiro atoms. The summed E-state index contributed by atoms with van der Waals surface area (Å²) in [7, 11) is 0. The van der Waals surface area contributed by atoms with Gasteiger partial charge >= 0.3 is 0 Å². The molecule has 2 aromatic carbocycles. The van der Waals surface area contributed by atoms with Crippen LogP contribution in [0.2, 0.25) is 0 Å². The van der Waals surface area contributed by atoms with Gasteiger partial charge in [-0.1, -0.05) is 12.1 Å². The molecule has 0 aliphatic carbocycles. The van der Waals surface area contributed by atoms with E-state index in [2.05, 4.69) is 0 Å². The Hall–Kier alpha value is -2.07. The summed E-state index contributed by atoms with van der Waals surface area (Å²) in [6, 6.07) is 10.5. The number of hydrogen-bond acceptors (Lipinski definition) is 3. The molecule has 2 aromatic rings. The number of ether oxygens (including phenoxy) is 1. The molecular formula is C15H14ClNO3. The summed E-state index contributed by atoms with van der Waals surface area (Å²) in [5.74, 6) is 1.69. The van der Waals surface area contributed by atoms with E-state index >= 15 is 0 Å². The Bertz CT molecular complexity index is 656. The van der Waals surface area contributed by atoms with Crippen molar-refractivity contribution in [3.05, 3.63) is 63.2 Å². The summed E-state index contributed by atoms with van der Waals surface area (Å²) in [4.78, 5) is 10.4. The fourth-order valence-electron chi connectivity index (χ4n) is 1.86. The average Bonchev–Trinajstić information content (AvgIpc) is 2.41. The third-order valence-electron chi connectivity index (χ3n) is 3.00. The largest absolute Gasteiger partial charge is 0.457 e. The van der Waals surface area contributed by atoms with Gasteiger partial charge in [0.05, 0.1) is 4.92 Å². The Morgan fingerprint density at radius 1 is 1.15 bits per heavy atom. The number of rotatable bonds is 4. The molecule has 0 fully saturated rings. The van der Waals surface area contributed by atoms with E-state index in [9.17, 15) is 10.1 Å². The van der Waals surface area contributed by atoms with Crippen molar-refractivity contribution in [2.75, 3.05) is 0 Å². The molecule has 0 saturated heterocycles. The van der Waals surface area contributed by atoms with Crippen LogP contribution in [0.1, 0.15) is 16.7 Å². The van der Waals surface area contributed by atoms with Crippen molar-refractivity contribution in [1.82, 2.24) is 0 Å². The minimum absolute atomic E-state index is 0.0866. The fraction of sp³-hybridized carbons (Fsp3) is 0.200. The number of nitrogens with zero attached hydrogens (tertiary/aromatic N) is 1. The summed E-state index contributed by atoms with van der Waals surface area (Å²) in [6.07, 6.45) is 0. The van der Waals surface area contributed by atoms with Crippen LogP contribution in [-0.4, -0.2) is 4.92 Å². The molecular weight excluding hydrogens is 278 g/mol. The maximum absolute atomic E-state index is 10.8. The molecule has 0 heterocycles. The normalized spacial score (nSPS) is 10.3. The number of alkyl halides is 1. The van der Waals surface area contributed by atoms with Gasteiger partial charge in [0.15, 0.2) is 0 Å². The highest BCUT2D eigenvalue weighted by atomic mass is 35.5. The van der Waals surface area contributed by atoms with Gasteiger partial charge in [0, 0.05) is 17.5 Å². The van der Waals surface area contributed by atoms with Crippen LogP contribution in [0.5, 0.6) is 11.5 Å². The van der Waals surface area contributed by atoms with Crippen LogP contribution in [-0.2, 0) is 5.88 Å². The van der Waals surface area contributed by atoms with Gasteiger partial charge in [0.1, 0.15) is 11.5 Å². The average molecular weight is 292 g/mol. The van der Waals surface area contributed by atoms with Crippen LogP contribution in [0, 0.1) is 24.0 Å². The van der Waals surface area contributed by atoms with Crippen LogP contribution in [0.3, 0.4) is 0 Å². The predicted molar refractivity (Wildman–Crippen MR) is 78.6 cm³/mol. The molecule has 4 nitrogen and oxygen atoms in total. The third-order valence-corrected chi connectivity index (χ3v) is 3.31. The zero-order valence-corrected chi connectivity index (χ0v) is 12.0. The van der Waals surface area contributed by atoms with Crippen molar-refractivity contribution >= 4 is 17.3 Å². The first kappa shape index (κ1) is 14.3. The predicted octanol–water partition coefficient (Wildman–Crippen LogP) is 4.74. The summed E-state index contributed by atoms with van der Waals surface area (Å²) in [6.45, 7) is 3.62. The van der Waals surface area contributed by atoms with E-state index in [-0.39, 0.29) is 5.69 Å². The molecule has 104 valence electrons. The first-order chi connectivity index (χ1) is 9.51. The van der Waals surface area contributed by atoms with Crippen molar-refractivity contribution in [3.63, 3.8) is 0 Å². The Labute approximate surface area is 122 Å². The second-order valence-electron chi connectivity index (χ2n) is 4.54. The summed E-state index contributed by atoms with van der Waals surface area (Å²) in [5, 5.41) is 10.8. The quantitative estimate of drug-likeness (QED) is 0.464. The van der Waals surface area contributed by atoms with Crippen molar-refractivity contribution in [3.8, 4) is 11.5 Å². The monoisotopic (exact) mass is 291 g/mol. The Morgan fingerprint density at radius 2 is 1.90 bits per heavy atom. The molecule has 0 radical (unpaired) electrons. The number of benzene rings is 2. The highest BCUT2D eigenvalue weighted by Gasteiger charge is 2.11. The number of halogens is 1. The molecule has 0 N–H and O–H groups in total. The fourth-order valence-corrected chi connectivity index (χ4v) is 2.03. The van der Waals surface area contributed by atoms with E-state index in [1.165, 1.54) is 6.07 Å². The maximum atomic E-state index is 10.8. The summed E-state index contributed by atoms with van der Waals surface area (Å²) >= 11 is 5.80. The molecule has 2 rings (SSSR count). The first-order valence-electron chi connectivity index (χ1n) is 6.09. The van der Waals surface area contributed by atoms with Gasteiger partial charge in [0.2, 0.25) is 0 Å². The van der Waals surface area contributed by atoms with Crippen molar-refractivity contribution in [2.45, 2.75) is 19.7 Å². The van der Waals surface area contributed by atoms with E-state index in [0.717, 1.165) is 11.1 Å². The van der Waals surface area contributed by atoms with Gasteiger partial charge in [-0.3, -0.25) is 10.1 Å². The lowest BCUT2D eigenvalue weighted by molar-refractivity contribution is -0.385. The molecule has 20 heavy (non-hydrogen) atoms. The van der Waals surface area contributed by atoms with Gasteiger partial charge in [-0.2, -0.15) is 0 Å². The SMILES string of the molecule is Cc1ccc(CCl)cc1Oc1ccc([N+](=O)[O-])c(C)c1. The van der Waals surface area contributed by atoms with Crippen LogP contribution in [0.25, 0.3) is 0 Å². The lowest BCUT2D eigenvalue weighted by Gasteiger charge is -2.10. The zero-order chi connectivity index (χ0) is 14.7. The summed E-state index contributed by atoms with van der Waals surface area (Å²) in [5.41, 5.74) is 2.60. The third kappa shape index (κ3) is 3.08. The van der Waals surface area contributed by atoms with E-state index in [0.29, 0.717) is 22.9 Å². The number of nitro benzene ring substituents is 1. The van der Waals surface area contributed by atoms with Crippen LogP contribution in [0.4, 0.5) is 5.69 Å². The van der Waals surface area contributed by atoms with Crippen LogP contribution >= 0.6 is 11.6 Å². The van der Waals surface area contributed by atoms with Crippen LogP contribution < -0.4 is 4.74 Å². The molecule has 0 saturated carbocycles. The van der Waals surface area contributed by atoms with Gasteiger partial charge in [-0.25, -0.2) is 0 Å². The second kappa shape index (κ2) is 5.92. The highest BCUT2D eigenvalue weighted by molar-refractivity contribution is 6.17. The number of hydrogen-bond donors (Lipinski definition) is 0. The number of aryl methyl sites for hydroxylation is 2. The van der Waals surface area contributed by atoms with Crippen molar-refractivity contribution in [2.24, 2.45) is 0 Å². The van der Waals surface area contributed by atoms with E-state index in [1.54, 1.807) is 19.1 Å². The topological polar surface area (TPSA) is 52.4 Å². The first-order valence-corrected chi connectivity index (χ1v) is 6.63. The Balaban J connectivity index is 2.30. The highest BCUT2D eigenvalue weighted by Crippen LogP contribution is 2.29. The molecule has 0 atom stereocenters. The molecule has 0 aliphatic rings. The Morgan fingerprint density at radius 3 is 2.50 bits per heavy atom. The summed E-state index contributed by atoms with van der Waals surface area (Å²) < 4.78 is 5.79. The lowest BCUT2D eigenvalue weighted by Crippen LogP contribution is -1.93. The molecule has 0 aromatic heterocycles. The molecule has 5 heteroatoms. The standard InChI is InChI=1S/C15H14ClNO3/c1-10-3-4-12(9-16)8-15(10)20-13-5-6-14(17(18)19)11(2)7-13/h3-8H,9H2,1-2H3. The van der Waals surface area contributed by atoms with E-state index in [4.69, 9.17) is 16.3 Å². The molecule has 0 aliphatic heterocycles. The maximum Gasteiger partial charge on any atom is 0.272 e. The molecule has 0 amide bonds. The van der Waals surface area contributed by atoms with Crippen LogP contribution in [0.15, 0.2) is 36.4 Å². The van der Waals surface area contributed by atoms with Crippen molar-refractivity contribution in [1.29, 1.82) is 0 Å². The van der Waals surface area contributed by atoms with Gasteiger partial charge in [-0.05, 0) is 43.2 Å². The lowest BCUT2D eigenvalue weighted by atomic mass is 10.1. The smallest absolute Gasteiger partial charge is 0.272 e. The number of nitro groups is 1.